The quantitative estimate of drug-likeness (QED) is 0.688. The average molecular weight is 340 g/mol. The van der Waals surface area contributed by atoms with E-state index in [1.54, 1.807) is 0 Å². The number of ether oxygens (including phenoxy) is 2. The first-order chi connectivity index (χ1) is 12.1. The molecule has 8 rings (SSSR count). The Morgan fingerprint density at radius 2 is 1.36 bits per heavy atom. The summed E-state index contributed by atoms with van der Waals surface area (Å²) in [5.41, 5.74) is 0.134. The van der Waals surface area contributed by atoms with Crippen LogP contribution in [0.25, 0.3) is 0 Å². The molecule has 2 aliphatic heterocycles. The van der Waals surface area contributed by atoms with Crippen molar-refractivity contribution in [2.24, 2.45) is 70.0 Å². The zero-order valence-electron chi connectivity index (χ0n) is 15.1. The summed E-state index contributed by atoms with van der Waals surface area (Å²) in [4.78, 5) is 12.6. The maximum atomic E-state index is 12.6. The van der Waals surface area contributed by atoms with E-state index >= 15 is 0 Å². The molecule has 0 amide bonds. The molecule has 134 valence electrons. The molecule has 0 aromatic heterocycles. The van der Waals surface area contributed by atoms with Gasteiger partial charge >= 0.3 is 0 Å². The van der Waals surface area contributed by atoms with Gasteiger partial charge in [-0.25, -0.2) is 0 Å². The van der Waals surface area contributed by atoms with E-state index in [-0.39, 0.29) is 17.1 Å². The highest BCUT2D eigenvalue weighted by Crippen LogP contribution is 2.87. The average Bonchev–Trinajstić information content (AvgIpc) is 3.32. The minimum atomic E-state index is -0.0932. The van der Waals surface area contributed by atoms with Crippen molar-refractivity contribution in [1.82, 2.24) is 0 Å². The summed E-state index contributed by atoms with van der Waals surface area (Å²) in [7, 11) is 0. The van der Waals surface area contributed by atoms with Gasteiger partial charge in [-0.1, -0.05) is 13.8 Å². The van der Waals surface area contributed by atoms with Crippen LogP contribution in [0.5, 0.6) is 0 Å². The molecular formula is C22H28O3. The molecule has 0 radical (unpaired) electrons. The maximum Gasteiger partial charge on any atom is 0.164 e. The Labute approximate surface area is 149 Å². The van der Waals surface area contributed by atoms with Crippen molar-refractivity contribution in [2.45, 2.75) is 58.0 Å². The van der Waals surface area contributed by atoms with E-state index in [0.29, 0.717) is 30.0 Å². The molecule has 4 bridgehead atoms. The van der Waals surface area contributed by atoms with Crippen LogP contribution in [0, 0.1) is 70.0 Å². The van der Waals surface area contributed by atoms with E-state index in [4.69, 9.17) is 9.47 Å². The van der Waals surface area contributed by atoms with Crippen LogP contribution in [0.3, 0.4) is 0 Å². The molecule has 15 atom stereocenters. The van der Waals surface area contributed by atoms with Crippen molar-refractivity contribution < 1.29 is 14.3 Å². The van der Waals surface area contributed by atoms with Crippen molar-refractivity contribution >= 4 is 6.29 Å². The second kappa shape index (κ2) is 3.63. The molecule has 0 spiro atoms. The third-order valence-electron chi connectivity index (χ3n) is 11.5. The van der Waals surface area contributed by atoms with Crippen LogP contribution < -0.4 is 0 Å². The monoisotopic (exact) mass is 340 g/mol. The molecule has 0 aromatic carbocycles. The number of fused-ring (bicyclic) bond motifs is 1. The Morgan fingerprint density at radius 1 is 0.760 bits per heavy atom. The van der Waals surface area contributed by atoms with E-state index in [9.17, 15) is 4.79 Å². The largest absolute Gasteiger partial charge is 0.349 e. The van der Waals surface area contributed by atoms with Crippen molar-refractivity contribution in [2.75, 3.05) is 0 Å². The predicted molar refractivity (Wildman–Crippen MR) is 89.2 cm³/mol. The summed E-state index contributed by atoms with van der Waals surface area (Å²) < 4.78 is 13.6. The number of carbonyl (C=O) groups is 1. The molecule has 6 saturated carbocycles. The molecule has 2 heterocycles. The highest BCUT2D eigenvalue weighted by atomic mass is 16.7. The van der Waals surface area contributed by atoms with Gasteiger partial charge in [0.1, 0.15) is 6.29 Å². The van der Waals surface area contributed by atoms with Crippen LogP contribution >= 0.6 is 0 Å². The molecule has 8 aliphatic rings. The van der Waals surface area contributed by atoms with Crippen molar-refractivity contribution in [3.05, 3.63) is 0 Å². The Morgan fingerprint density at radius 3 is 2.04 bits per heavy atom. The highest BCUT2D eigenvalue weighted by molar-refractivity contribution is 5.63. The van der Waals surface area contributed by atoms with Gasteiger partial charge in [0.25, 0.3) is 0 Å². The van der Waals surface area contributed by atoms with E-state index < -0.39 is 0 Å². The fourth-order valence-corrected chi connectivity index (χ4v) is 11.6. The molecule has 25 heavy (non-hydrogen) atoms. The lowest BCUT2D eigenvalue weighted by Crippen LogP contribution is -2.55. The lowest BCUT2D eigenvalue weighted by molar-refractivity contribution is -0.302. The Kier molecular flexibility index (Phi) is 1.99. The van der Waals surface area contributed by atoms with Gasteiger partial charge in [0, 0.05) is 10.8 Å². The fraction of sp³-hybridized carbons (Fsp3) is 0.955. The smallest absolute Gasteiger partial charge is 0.164 e. The summed E-state index contributed by atoms with van der Waals surface area (Å²) in [6.45, 7) is 4.92. The first-order valence-electron chi connectivity index (χ1n) is 10.9. The van der Waals surface area contributed by atoms with Crippen molar-refractivity contribution in [3.63, 3.8) is 0 Å². The van der Waals surface area contributed by atoms with Gasteiger partial charge < -0.3 is 14.3 Å². The normalized spacial score (nSPS) is 77.9. The van der Waals surface area contributed by atoms with Crippen LogP contribution in [-0.4, -0.2) is 24.8 Å². The lowest BCUT2D eigenvalue weighted by atomic mass is 9.62. The molecule has 8 fully saturated rings. The van der Waals surface area contributed by atoms with Gasteiger partial charge in [0.2, 0.25) is 0 Å². The molecular weight excluding hydrogens is 312 g/mol. The SMILES string of the molecule is C[C@@]1(C=O)[C@@H]2[C@H]3[C@@H]4[C@@H]1[C@H]1CC[C@H]5O[C@H]6O[C@@H]7CC[C@H]([C@@H]27)[C@@H]3[C@@]6(C)[C@@H]4[C@H]15. The molecule has 0 unspecified atom stereocenters. The van der Waals surface area contributed by atoms with E-state index in [0.717, 1.165) is 41.4 Å². The third kappa shape index (κ3) is 1.04. The number of hydrogen-bond donors (Lipinski definition) is 0. The molecule has 3 heteroatoms. The summed E-state index contributed by atoms with van der Waals surface area (Å²) in [6.07, 6.45) is 7.30. The van der Waals surface area contributed by atoms with Crippen LogP contribution in [-0.2, 0) is 14.3 Å². The molecule has 0 aromatic rings. The van der Waals surface area contributed by atoms with Crippen molar-refractivity contribution in [1.29, 1.82) is 0 Å². The minimum Gasteiger partial charge on any atom is -0.349 e. The molecule has 0 N–H and O–H groups in total. The number of aldehydes is 1. The van der Waals surface area contributed by atoms with Crippen LogP contribution in [0.1, 0.15) is 39.5 Å². The Balaban J connectivity index is 1.48. The second-order valence-corrected chi connectivity index (χ2v) is 11.4. The number of rotatable bonds is 1. The van der Waals surface area contributed by atoms with Crippen LogP contribution in [0.2, 0.25) is 0 Å². The van der Waals surface area contributed by atoms with Gasteiger partial charge in [-0.3, -0.25) is 0 Å². The summed E-state index contributed by atoms with van der Waals surface area (Å²) in [6, 6.07) is 0. The lowest BCUT2D eigenvalue weighted by Gasteiger charge is -2.52. The van der Waals surface area contributed by atoms with Gasteiger partial charge in [-0.15, -0.1) is 0 Å². The number of hydrogen-bond acceptors (Lipinski definition) is 3. The summed E-state index contributed by atoms with van der Waals surface area (Å²) >= 11 is 0. The van der Waals surface area contributed by atoms with E-state index in [2.05, 4.69) is 13.8 Å². The van der Waals surface area contributed by atoms with Crippen LogP contribution in [0.15, 0.2) is 0 Å². The molecule has 3 nitrogen and oxygen atoms in total. The zero-order chi connectivity index (χ0) is 16.5. The Bertz CT molecular complexity index is 720. The van der Waals surface area contributed by atoms with Crippen LogP contribution in [0.4, 0.5) is 0 Å². The predicted octanol–water partition coefficient (Wildman–Crippen LogP) is 3.13. The third-order valence-corrected chi connectivity index (χ3v) is 11.5. The van der Waals surface area contributed by atoms with Gasteiger partial charge in [0.05, 0.1) is 12.2 Å². The standard InChI is InChI=1S/C22H28O3/c1-21(7-23)16-8-3-5-11-13(8)19-14(16)15-17-9-4-6-10(12(9)18(15)21)24-20(25-11)22(17,19)2/h7-20H,3-6H2,1-2H3/t8-,9+,10+,11+,12+,13+,14+,15-,16-,17-,18-,19+,20+,21-,22-/m0/s1. The Hall–Kier alpha value is -0.410. The second-order valence-electron chi connectivity index (χ2n) is 11.4. The number of carbonyl (C=O) groups excluding carboxylic acids is 1. The minimum absolute atomic E-state index is 0.0492. The van der Waals surface area contributed by atoms with Gasteiger partial charge in [0.15, 0.2) is 6.29 Å². The van der Waals surface area contributed by atoms with E-state index in [1.807, 2.05) is 0 Å². The topological polar surface area (TPSA) is 35.5 Å². The van der Waals surface area contributed by atoms with Gasteiger partial charge in [-0.2, -0.15) is 0 Å². The fourth-order valence-electron chi connectivity index (χ4n) is 11.6. The molecule has 6 aliphatic carbocycles. The van der Waals surface area contributed by atoms with E-state index in [1.165, 1.54) is 32.0 Å². The van der Waals surface area contributed by atoms with Crippen molar-refractivity contribution in [3.8, 4) is 0 Å². The first kappa shape index (κ1) is 13.7. The highest BCUT2D eigenvalue weighted by Gasteiger charge is 2.86. The maximum absolute atomic E-state index is 12.6. The summed E-state index contributed by atoms with van der Waals surface area (Å²) in [5.74, 6) is 7.30. The summed E-state index contributed by atoms with van der Waals surface area (Å²) in [5, 5.41) is 0. The van der Waals surface area contributed by atoms with Gasteiger partial charge in [-0.05, 0) is 84.9 Å². The molecule has 2 saturated heterocycles. The zero-order valence-corrected chi connectivity index (χ0v) is 15.1. The first-order valence-corrected chi connectivity index (χ1v) is 10.9.